The molecule has 6 heteroatoms. The minimum absolute atomic E-state index is 0.0887. The van der Waals surface area contributed by atoms with Crippen LogP contribution in [-0.4, -0.2) is 47.4 Å². The number of likely N-dealkylation sites (N-methyl/N-ethyl adjacent to an activating group) is 1. The van der Waals surface area contributed by atoms with Crippen molar-refractivity contribution in [3.8, 4) is 0 Å². The Hall–Kier alpha value is -1.59. The van der Waals surface area contributed by atoms with Crippen LogP contribution in [0.25, 0.3) is 0 Å². The monoisotopic (exact) mass is 244 g/mol. The average molecular weight is 244 g/mol. The van der Waals surface area contributed by atoms with Gasteiger partial charge in [0.15, 0.2) is 0 Å². The van der Waals surface area contributed by atoms with E-state index in [1.54, 1.807) is 0 Å². The molecule has 0 radical (unpaired) electrons. The minimum atomic E-state index is -1.04. The summed E-state index contributed by atoms with van der Waals surface area (Å²) < 4.78 is 0. The highest BCUT2D eigenvalue weighted by Gasteiger charge is 2.21. The van der Waals surface area contributed by atoms with Crippen molar-refractivity contribution in [3.63, 3.8) is 0 Å². The van der Waals surface area contributed by atoms with Gasteiger partial charge in [-0.05, 0) is 20.3 Å². The van der Waals surface area contributed by atoms with Crippen LogP contribution in [-0.2, 0) is 14.4 Å². The number of carboxylic acid groups (broad SMARTS) is 1. The molecule has 0 fully saturated rings. The number of rotatable bonds is 7. The Morgan fingerprint density at radius 3 is 2.35 bits per heavy atom. The lowest BCUT2D eigenvalue weighted by atomic mass is 10.2. The second kappa shape index (κ2) is 7.65. The summed E-state index contributed by atoms with van der Waals surface area (Å²) in [4.78, 5) is 34.5. The Kier molecular flexibility index (Phi) is 6.93. The molecule has 0 aromatic rings. The quantitative estimate of drug-likeness (QED) is 0.671. The highest BCUT2D eigenvalue weighted by molar-refractivity contribution is 5.83. The first-order valence-electron chi connectivity index (χ1n) is 5.65. The number of nitrogens with zero attached hydrogens (tertiary/aromatic N) is 1. The molecule has 1 unspecified atom stereocenters. The first-order valence-corrected chi connectivity index (χ1v) is 5.65. The van der Waals surface area contributed by atoms with E-state index in [1.807, 2.05) is 6.92 Å². The fraction of sp³-hybridized carbons (Fsp3) is 0.727. The van der Waals surface area contributed by atoms with Crippen LogP contribution in [0.3, 0.4) is 0 Å². The third kappa shape index (κ3) is 5.89. The molecule has 98 valence electrons. The van der Waals surface area contributed by atoms with Gasteiger partial charge in [-0.2, -0.15) is 0 Å². The maximum atomic E-state index is 11.6. The summed E-state index contributed by atoms with van der Waals surface area (Å²) in [5.74, 6) is -1.39. The molecule has 1 atom stereocenters. The van der Waals surface area contributed by atoms with Crippen molar-refractivity contribution in [1.29, 1.82) is 0 Å². The van der Waals surface area contributed by atoms with Crippen LogP contribution in [0.1, 0.15) is 33.1 Å². The third-order valence-electron chi connectivity index (χ3n) is 2.50. The molecule has 0 saturated carbocycles. The van der Waals surface area contributed by atoms with E-state index in [0.29, 0.717) is 13.0 Å². The van der Waals surface area contributed by atoms with Crippen LogP contribution in [0.4, 0.5) is 0 Å². The Bertz CT molecular complexity index is 291. The molecule has 17 heavy (non-hydrogen) atoms. The van der Waals surface area contributed by atoms with Crippen molar-refractivity contribution in [2.45, 2.75) is 39.2 Å². The summed E-state index contributed by atoms with van der Waals surface area (Å²) in [7, 11) is 1.45. The lowest BCUT2D eigenvalue weighted by Crippen LogP contribution is -2.40. The van der Waals surface area contributed by atoms with Crippen LogP contribution in [0.2, 0.25) is 0 Å². The largest absolute Gasteiger partial charge is 0.480 e. The summed E-state index contributed by atoms with van der Waals surface area (Å²) in [6, 6.07) is -0.841. The van der Waals surface area contributed by atoms with Gasteiger partial charge in [-0.3, -0.25) is 9.59 Å². The van der Waals surface area contributed by atoms with E-state index in [1.165, 1.54) is 18.9 Å². The Labute approximate surface area is 101 Å². The van der Waals surface area contributed by atoms with Gasteiger partial charge >= 0.3 is 5.97 Å². The number of aliphatic carboxylic acids is 1. The van der Waals surface area contributed by atoms with Gasteiger partial charge in [0.25, 0.3) is 0 Å². The second-order valence-electron chi connectivity index (χ2n) is 3.83. The Morgan fingerprint density at radius 1 is 1.29 bits per heavy atom. The normalized spacial score (nSPS) is 11.7. The summed E-state index contributed by atoms with van der Waals surface area (Å²) in [6.45, 7) is 3.85. The lowest BCUT2D eigenvalue weighted by Gasteiger charge is -2.21. The molecule has 0 aliphatic heterocycles. The number of carbonyl (C=O) groups is 3. The zero-order valence-electron chi connectivity index (χ0n) is 10.5. The topological polar surface area (TPSA) is 86.7 Å². The minimum Gasteiger partial charge on any atom is -0.480 e. The van der Waals surface area contributed by atoms with Crippen molar-refractivity contribution < 1.29 is 19.5 Å². The van der Waals surface area contributed by atoms with E-state index in [9.17, 15) is 14.4 Å². The van der Waals surface area contributed by atoms with Gasteiger partial charge in [-0.25, -0.2) is 4.79 Å². The first kappa shape index (κ1) is 15.4. The van der Waals surface area contributed by atoms with Crippen LogP contribution in [0.15, 0.2) is 0 Å². The summed E-state index contributed by atoms with van der Waals surface area (Å²) in [5.41, 5.74) is 0. The van der Waals surface area contributed by atoms with E-state index >= 15 is 0 Å². The predicted molar refractivity (Wildman–Crippen MR) is 62.4 cm³/mol. The molecule has 6 nitrogen and oxygen atoms in total. The van der Waals surface area contributed by atoms with Crippen molar-refractivity contribution >= 4 is 17.8 Å². The SMILES string of the molecule is CCNC(=O)CCCC(=O)N(C)C(C)C(=O)O. The highest BCUT2D eigenvalue weighted by Crippen LogP contribution is 2.03. The number of hydrogen-bond donors (Lipinski definition) is 2. The van der Waals surface area contributed by atoms with Crippen molar-refractivity contribution in [3.05, 3.63) is 0 Å². The van der Waals surface area contributed by atoms with Crippen LogP contribution in [0, 0.1) is 0 Å². The van der Waals surface area contributed by atoms with Crippen molar-refractivity contribution in [2.24, 2.45) is 0 Å². The number of carbonyl (C=O) groups excluding carboxylic acids is 2. The van der Waals surface area contributed by atoms with E-state index < -0.39 is 12.0 Å². The van der Waals surface area contributed by atoms with Crippen LogP contribution in [0.5, 0.6) is 0 Å². The molecular weight excluding hydrogens is 224 g/mol. The van der Waals surface area contributed by atoms with E-state index in [2.05, 4.69) is 5.32 Å². The maximum Gasteiger partial charge on any atom is 0.326 e. The average Bonchev–Trinajstić information content (AvgIpc) is 2.27. The molecule has 0 rings (SSSR count). The molecule has 0 saturated heterocycles. The summed E-state index contributed by atoms with van der Waals surface area (Å²) in [6.07, 6.45) is 0.904. The molecule has 0 spiro atoms. The smallest absolute Gasteiger partial charge is 0.326 e. The molecule has 0 aliphatic rings. The summed E-state index contributed by atoms with van der Waals surface area (Å²) in [5, 5.41) is 11.4. The number of nitrogens with one attached hydrogen (secondary N) is 1. The molecule has 0 heterocycles. The maximum absolute atomic E-state index is 11.6. The van der Waals surface area contributed by atoms with Gasteiger partial charge in [0, 0.05) is 26.4 Å². The van der Waals surface area contributed by atoms with Gasteiger partial charge in [0.05, 0.1) is 0 Å². The number of amides is 2. The molecular formula is C11H20N2O4. The predicted octanol–water partition coefficient (Wildman–Crippen LogP) is 0.224. The van der Waals surface area contributed by atoms with E-state index in [4.69, 9.17) is 5.11 Å². The number of carboxylic acids is 1. The molecule has 2 amide bonds. The van der Waals surface area contributed by atoms with Crippen molar-refractivity contribution in [2.75, 3.05) is 13.6 Å². The van der Waals surface area contributed by atoms with Gasteiger partial charge in [0.2, 0.25) is 11.8 Å². The molecule has 0 aromatic carbocycles. The van der Waals surface area contributed by atoms with Crippen LogP contribution >= 0.6 is 0 Å². The fourth-order valence-electron chi connectivity index (χ4n) is 1.24. The summed E-state index contributed by atoms with van der Waals surface area (Å²) >= 11 is 0. The first-order chi connectivity index (χ1) is 7.90. The fourth-order valence-corrected chi connectivity index (χ4v) is 1.24. The molecule has 0 aliphatic carbocycles. The molecule has 0 bridgehead atoms. The lowest BCUT2D eigenvalue weighted by molar-refractivity contribution is -0.148. The van der Waals surface area contributed by atoms with Gasteiger partial charge in [-0.15, -0.1) is 0 Å². The standard InChI is InChI=1S/C11H20N2O4/c1-4-12-9(14)6-5-7-10(15)13(3)8(2)11(16)17/h8H,4-7H2,1-3H3,(H,12,14)(H,16,17). The zero-order valence-corrected chi connectivity index (χ0v) is 10.5. The Morgan fingerprint density at radius 2 is 1.88 bits per heavy atom. The highest BCUT2D eigenvalue weighted by atomic mass is 16.4. The van der Waals surface area contributed by atoms with Gasteiger partial charge in [0.1, 0.15) is 6.04 Å². The van der Waals surface area contributed by atoms with Crippen LogP contribution < -0.4 is 5.32 Å². The Balaban J connectivity index is 3.94. The van der Waals surface area contributed by atoms with E-state index in [0.717, 1.165) is 0 Å². The second-order valence-corrected chi connectivity index (χ2v) is 3.83. The zero-order chi connectivity index (χ0) is 13.4. The van der Waals surface area contributed by atoms with Gasteiger partial charge < -0.3 is 15.3 Å². The van der Waals surface area contributed by atoms with E-state index in [-0.39, 0.29) is 24.7 Å². The molecule has 2 N–H and O–H groups in total. The number of hydrogen-bond acceptors (Lipinski definition) is 3. The third-order valence-corrected chi connectivity index (χ3v) is 2.50. The molecule has 0 aromatic heterocycles. The van der Waals surface area contributed by atoms with Gasteiger partial charge in [-0.1, -0.05) is 0 Å². The van der Waals surface area contributed by atoms with Crippen molar-refractivity contribution in [1.82, 2.24) is 10.2 Å².